The highest BCUT2D eigenvalue weighted by Crippen LogP contribution is 2.29. The van der Waals surface area contributed by atoms with E-state index >= 15 is 0 Å². The molecule has 0 aromatic rings. The van der Waals surface area contributed by atoms with E-state index in [0.717, 1.165) is 12.0 Å². The van der Waals surface area contributed by atoms with Gasteiger partial charge in [-0.2, -0.15) is 0 Å². The highest BCUT2D eigenvalue weighted by Gasteiger charge is 2.24. The summed E-state index contributed by atoms with van der Waals surface area (Å²) in [7, 11) is 4.39. The minimum absolute atomic E-state index is 0.880. The van der Waals surface area contributed by atoms with E-state index in [9.17, 15) is 0 Å². The second-order valence-electron chi connectivity index (χ2n) is 3.70. The lowest BCUT2D eigenvalue weighted by molar-refractivity contribution is 0.290. The van der Waals surface area contributed by atoms with Crippen molar-refractivity contribution < 1.29 is 0 Å². The van der Waals surface area contributed by atoms with E-state index in [1.807, 2.05) is 27.7 Å². The van der Waals surface area contributed by atoms with Crippen LogP contribution in [0.4, 0.5) is 0 Å². The van der Waals surface area contributed by atoms with Crippen molar-refractivity contribution >= 4 is 0 Å². The summed E-state index contributed by atoms with van der Waals surface area (Å²) in [6.07, 6.45) is 5.69. The van der Waals surface area contributed by atoms with Crippen molar-refractivity contribution in [3.63, 3.8) is 0 Å². The third-order valence-electron chi connectivity index (χ3n) is 2.82. The molecule has 0 saturated heterocycles. The van der Waals surface area contributed by atoms with Gasteiger partial charge in [0.15, 0.2) is 0 Å². The molecule has 1 heteroatoms. The Morgan fingerprint density at radius 1 is 1.00 bits per heavy atom. The molecule has 0 aromatic heterocycles. The standard InChI is InChI=1S/C9H19N.2C2H6/c1-4-8-5-6-9(7-8)10(2)3;2*1-2/h8-9H,4-7H2,1-3H3;2*1-2H3. The number of rotatable bonds is 2. The highest BCUT2D eigenvalue weighted by molar-refractivity contribution is 4.79. The molecule has 14 heavy (non-hydrogen) atoms. The van der Waals surface area contributed by atoms with Gasteiger partial charge in [0.05, 0.1) is 0 Å². The van der Waals surface area contributed by atoms with Crippen LogP contribution in [-0.4, -0.2) is 25.0 Å². The van der Waals surface area contributed by atoms with E-state index in [4.69, 9.17) is 0 Å². The van der Waals surface area contributed by atoms with Crippen LogP contribution in [0.25, 0.3) is 0 Å². The van der Waals surface area contributed by atoms with Crippen LogP contribution in [0.2, 0.25) is 0 Å². The molecule has 2 unspecified atom stereocenters. The summed E-state index contributed by atoms with van der Waals surface area (Å²) in [6.45, 7) is 10.3. The SMILES string of the molecule is CC.CC.CCC1CCC(N(C)C)C1. The molecule has 1 nitrogen and oxygen atoms in total. The van der Waals surface area contributed by atoms with Crippen molar-refractivity contribution in [1.29, 1.82) is 0 Å². The van der Waals surface area contributed by atoms with Gasteiger partial charge in [-0.1, -0.05) is 41.0 Å². The summed E-state index contributed by atoms with van der Waals surface area (Å²) >= 11 is 0. The lowest BCUT2D eigenvalue weighted by atomic mass is 10.1. The van der Waals surface area contributed by atoms with Crippen molar-refractivity contribution in [3.8, 4) is 0 Å². The van der Waals surface area contributed by atoms with Gasteiger partial charge in [0, 0.05) is 6.04 Å². The molecule has 0 spiro atoms. The monoisotopic (exact) mass is 201 g/mol. The second-order valence-corrected chi connectivity index (χ2v) is 3.70. The number of nitrogens with zero attached hydrogens (tertiary/aromatic N) is 1. The predicted octanol–water partition coefficient (Wildman–Crippen LogP) is 4.18. The zero-order valence-corrected chi connectivity index (χ0v) is 11.4. The molecule has 1 saturated carbocycles. The molecule has 0 N–H and O–H groups in total. The maximum absolute atomic E-state index is 2.37. The van der Waals surface area contributed by atoms with Gasteiger partial charge in [0.25, 0.3) is 0 Å². The molecule has 0 heterocycles. The van der Waals surface area contributed by atoms with E-state index in [1.165, 1.54) is 25.7 Å². The van der Waals surface area contributed by atoms with Crippen molar-refractivity contribution in [3.05, 3.63) is 0 Å². The van der Waals surface area contributed by atoms with Crippen LogP contribution in [0.3, 0.4) is 0 Å². The van der Waals surface area contributed by atoms with Crippen LogP contribution in [0.1, 0.15) is 60.3 Å². The van der Waals surface area contributed by atoms with E-state index in [2.05, 4.69) is 25.9 Å². The first-order chi connectivity index (χ1) is 6.74. The molecule has 2 atom stereocenters. The summed E-state index contributed by atoms with van der Waals surface area (Å²) in [6, 6.07) is 0.880. The molecule has 0 radical (unpaired) electrons. The van der Waals surface area contributed by atoms with E-state index in [-0.39, 0.29) is 0 Å². The third kappa shape index (κ3) is 6.42. The van der Waals surface area contributed by atoms with E-state index < -0.39 is 0 Å². The summed E-state index contributed by atoms with van der Waals surface area (Å²) in [5.74, 6) is 1.02. The Bertz CT molecular complexity index is 99.4. The van der Waals surface area contributed by atoms with Crippen molar-refractivity contribution in [2.75, 3.05) is 14.1 Å². The summed E-state index contributed by atoms with van der Waals surface area (Å²) in [5, 5.41) is 0. The van der Waals surface area contributed by atoms with Crippen LogP contribution in [-0.2, 0) is 0 Å². The lowest BCUT2D eigenvalue weighted by Crippen LogP contribution is -2.24. The van der Waals surface area contributed by atoms with E-state index in [1.54, 1.807) is 0 Å². The van der Waals surface area contributed by atoms with Crippen molar-refractivity contribution in [1.82, 2.24) is 4.90 Å². The first kappa shape index (κ1) is 16.4. The summed E-state index contributed by atoms with van der Waals surface area (Å²) in [4.78, 5) is 2.37. The van der Waals surface area contributed by atoms with Gasteiger partial charge in [-0.05, 0) is 39.3 Å². The largest absolute Gasteiger partial charge is 0.306 e. The average Bonchev–Trinajstić information content (AvgIpc) is 2.72. The number of hydrogen-bond donors (Lipinski definition) is 0. The molecule has 1 rings (SSSR count). The summed E-state index contributed by atoms with van der Waals surface area (Å²) in [5.41, 5.74) is 0. The van der Waals surface area contributed by atoms with Gasteiger partial charge in [-0.3, -0.25) is 0 Å². The molecule has 1 aliphatic rings. The maximum Gasteiger partial charge on any atom is 0.00919 e. The first-order valence-corrected chi connectivity index (χ1v) is 6.40. The molecule has 0 aliphatic heterocycles. The fourth-order valence-electron chi connectivity index (χ4n) is 1.89. The molecule has 0 amide bonds. The van der Waals surface area contributed by atoms with Crippen molar-refractivity contribution in [2.24, 2.45) is 5.92 Å². The van der Waals surface area contributed by atoms with Crippen LogP contribution < -0.4 is 0 Å². The Morgan fingerprint density at radius 2 is 1.50 bits per heavy atom. The maximum atomic E-state index is 2.37. The fourth-order valence-corrected chi connectivity index (χ4v) is 1.89. The Hall–Kier alpha value is -0.0400. The minimum atomic E-state index is 0.880. The minimum Gasteiger partial charge on any atom is -0.306 e. The topological polar surface area (TPSA) is 3.24 Å². The average molecular weight is 201 g/mol. The molecular weight excluding hydrogens is 170 g/mol. The van der Waals surface area contributed by atoms with Crippen LogP contribution in [0.15, 0.2) is 0 Å². The molecule has 88 valence electrons. The molecular formula is C13H31N. The zero-order valence-electron chi connectivity index (χ0n) is 11.4. The van der Waals surface area contributed by atoms with Gasteiger partial charge in [-0.25, -0.2) is 0 Å². The smallest absolute Gasteiger partial charge is 0.00919 e. The Morgan fingerprint density at radius 3 is 1.71 bits per heavy atom. The molecule has 1 aliphatic carbocycles. The zero-order chi connectivity index (χ0) is 11.6. The Balaban J connectivity index is 0. The van der Waals surface area contributed by atoms with E-state index in [0.29, 0.717) is 0 Å². The first-order valence-electron chi connectivity index (χ1n) is 6.40. The highest BCUT2D eigenvalue weighted by atomic mass is 15.1. The quantitative estimate of drug-likeness (QED) is 0.648. The van der Waals surface area contributed by atoms with Crippen LogP contribution in [0.5, 0.6) is 0 Å². The molecule has 1 fully saturated rings. The Kier molecular flexibility index (Phi) is 12.9. The van der Waals surface area contributed by atoms with Crippen LogP contribution >= 0.6 is 0 Å². The third-order valence-corrected chi connectivity index (χ3v) is 2.82. The molecule has 0 aromatic carbocycles. The normalized spacial score (nSPS) is 24.9. The summed E-state index contributed by atoms with van der Waals surface area (Å²) < 4.78 is 0. The van der Waals surface area contributed by atoms with Gasteiger partial charge in [0.2, 0.25) is 0 Å². The van der Waals surface area contributed by atoms with Gasteiger partial charge >= 0.3 is 0 Å². The Labute approximate surface area is 91.9 Å². The second kappa shape index (κ2) is 11.0. The fraction of sp³-hybridized carbons (Fsp3) is 1.00. The van der Waals surface area contributed by atoms with Gasteiger partial charge in [0.1, 0.15) is 0 Å². The predicted molar refractivity (Wildman–Crippen MR) is 67.8 cm³/mol. The van der Waals surface area contributed by atoms with Crippen molar-refractivity contribution in [2.45, 2.75) is 66.3 Å². The van der Waals surface area contributed by atoms with Crippen LogP contribution in [0, 0.1) is 5.92 Å². The van der Waals surface area contributed by atoms with Gasteiger partial charge < -0.3 is 4.90 Å². The van der Waals surface area contributed by atoms with Gasteiger partial charge in [-0.15, -0.1) is 0 Å². The number of hydrogen-bond acceptors (Lipinski definition) is 1. The lowest BCUT2D eigenvalue weighted by Gasteiger charge is -2.18. The molecule has 0 bridgehead atoms.